The summed E-state index contributed by atoms with van der Waals surface area (Å²) in [6.45, 7) is 10.6. The van der Waals surface area contributed by atoms with E-state index in [1.165, 1.54) is 11.1 Å². The molecular weight excluding hydrogens is 296 g/mol. The zero-order valence-electron chi connectivity index (χ0n) is 15.3. The van der Waals surface area contributed by atoms with Crippen molar-refractivity contribution in [3.05, 3.63) is 59.9 Å². The Hall–Kier alpha value is -1.87. The molecule has 130 valence electrons. The monoisotopic (exact) mass is 326 g/mol. The molecule has 24 heavy (non-hydrogen) atoms. The van der Waals surface area contributed by atoms with Crippen molar-refractivity contribution >= 4 is 0 Å². The van der Waals surface area contributed by atoms with E-state index < -0.39 is 0 Å². The van der Waals surface area contributed by atoms with Crippen LogP contribution in [0.5, 0.6) is 5.75 Å². The summed E-state index contributed by atoms with van der Waals surface area (Å²) in [5, 5.41) is 3.53. The number of pyridine rings is 1. The fourth-order valence-corrected chi connectivity index (χ4v) is 2.94. The molecule has 3 nitrogen and oxygen atoms in total. The Kier molecular flexibility index (Phi) is 7.26. The molecule has 0 aliphatic rings. The summed E-state index contributed by atoms with van der Waals surface area (Å²) in [6.07, 6.45) is 5.07. The molecule has 1 atom stereocenters. The summed E-state index contributed by atoms with van der Waals surface area (Å²) < 4.78 is 5.74. The SMILES string of the molecule is CC(C)Oc1ccc([C@H](CCNCc2cccnc2)C(C)C)cc1. The summed E-state index contributed by atoms with van der Waals surface area (Å²) in [5.41, 5.74) is 2.62. The lowest BCUT2D eigenvalue weighted by atomic mass is 9.86. The highest BCUT2D eigenvalue weighted by molar-refractivity contribution is 5.30. The molecule has 0 aliphatic heterocycles. The molecule has 1 aromatic heterocycles. The average molecular weight is 326 g/mol. The molecule has 0 aliphatic carbocycles. The van der Waals surface area contributed by atoms with Crippen LogP contribution in [-0.2, 0) is 6.54 Å². The molecule has 2 rings (SSSR count). The Morgan fingerprint density at radius 3 is 2.38 bits per heavy atom. The van der Waals surface area contributed by atoms with Gasteiger partial charge in [-0.25, -0.2) is 0 Å². The van der Waals surface area contributed by atoms with Gasteiger partial charge in [0.25, 0.3) is 0 Å². The Morgan fingerprint density at radius 1 is 1.04 bits per heavy atom. The molecule has 0 saturated carbocycles. The average Bonchev–Trinajstić information content (AvgIpc) is 2.56. The topological polar surface area (TPSA) is 34.1 Å². The van der Waals surface area contributed by atoms with E-state index in [9.17, 15) is 0 Å². The van der Waals surface area contributed by atoms with E-state index in [1.54, 1.807) is 0 Å². The van der Waals surface area contributed by atoms with Crippen molar-refractivity contribution in [2.75, 3.05) is 6.54 Å². The Labute approximate surface area is 146 Å². The number of nitrogens with zero attached hydrogens (tertiary/aromatic N) is 1. The molecule has 0 bridgehead atoms. The predicted octanol–water partition coefficient (Wildman–Crippen LogP) is 4.79. The van der Waals surface area contributed by atoms with E-state index in [4.69, 9.17) is 4.74 Å². The third-order valence-electron chi connectivity index (χ3n) is 4.17. The van der Waals surface area contributed by atoms with E-state index in [-0.39, 0.29) is 6.10 Å². The van der Waals surface area contributed by atoms with E-state index >= 15 is 0 Å². The number of nitrogens with one attached hydrogen (secondary N) is 1. The maximum absolute atomic E-state index is 5.74. The first-order chi connectivity index (χ1) is 11.6. The molecule has 2 aromatic rings. The van der Waals surface area contributed by atoms with Gasteiger partial charge in [-0.15, -0.1) is 0 Å². The largest absolute Gasteiger partial charge is 0.491 e. The molecule has 0 saturated heterocycles. The molecule has 0 amide bonds. The van der Waals surface area contributed by atoms with Crippen molar-refractivity contribution in [1.29, 1.82) is 0 Å². The molecule has 0 spiro atoms. The lowest BCUT2D eigenvalue weighted by Gasteiger charge is -2.22. The summed E-state index contributed by atoms with van der Waals surface area (Å²) in [4.78, 5) is 4.15. The van der Waals surface area contributed by atoms with Crippen molar-refractivity contribution in [3.63, 3.8) is 0 Å². The number of hydrogen-bond donors (Lipinski definition) is 1. The van der Waals surface area contributed by atoms with Crippen LogP contribution >= 0.6 is 0 Å². The number of aromatic nitrogens is 1. The van der Waals surface area contributed by atoms with Gasteiger partial charge in [0.1, 0.15) is 5.75 Å². The van der Waals surface area contributed by atoms with Gasteiger partial charge in [-0.2, -0.15) is 0 Å². The molecule has 0 fully saturated rings. The summed E-state index contributed by atoms with van der Waals surface area (Å²) in [5.74, 6) is 2.12. The Morgan fingerprint density at radius 2 is 1.79 bits per heavy atom. The van der Waals surface area contributed by atoms with E-state index in [2.05, 4.69) is 68.3 Å². The normalized spacial score (nSPS) is 12.6. The summed E-state index contributed by atoms with van der Waals surface area (Å²) >= 11 is 0. The van der Waals surface area contributed by atoms with Crippen LogP contribution < -0.4 is 10.1 Å². The van der Waals surface area contributed by atoms with Crippen molar-refractivity contribution in [3.8, 4) is 5.75 Å². The van der Waals surface area contributed by atoms with E-state index in [0.29, 0.717) is 11.8 Å². The molecule has 1 N–H and O–H groups in total. The van der Waals surface area contributed by atoms with Gasteiger partial charge in [-0.3, -0.25) is 4.98 Å². The van der Waals surface area contributed by atoms with Crippen LogP contribution in [0.3, 0.4) is 0 Å². The van der Waals surface area contributed by atoms with Crippen LogP contribution in [-0.4, -0.2) is 17.6 Å². The molecule has 3 heteroatoms. The lowest BCUT2D eigenvalue weighted by Crippen LogP contribution is -2.19. The first-order valence-corrected chi connectivity index (χ1v) is 8.92. The highest BCUT2D eigenvalue weighted by atomic mass is 16.5. The van der Waals surface area contributed by atoms with Gasteiger partial charge >= 0.3 is 0 Å². The third kappa shape index (κ3) is 5.97. The smallest absolute Gasteiger partial charge is 0.119 e. The second-order valence-corrected chi connectivity index (χ2v) is 6.91. The molecule has 0 radical (unpaired) electrons. The van der Waals surface area contributed by atoms with Crippen molar-refractivity contribution in [2.45, 2.75) is 52.7 Å². The molecule has 1 aromatic carbocycles. The van der Waals surface area contributed by atoms with Crippen molar-refractivity contribution in [1.82, 2.24) is 10.3 Å². The van der Waals surface area contributed by atoms with Gasteiger partial charge in [-0.05, 0) is 68.0 Å². The maximum Gasteiger partial charge on any atom is 0.119 e. The first kappa shape index (κ1) is 18.5. The quantitative estimate of drug-likeness (QED) is 0.673. The van der Waals surface area contributed by atoms with E-state index in [0.717, 1.165) is 25.3 Å². The number of hydrogen-bond acceptors (Lipinski definition) is 3. The minimum atomic E-state index is 0.216. The molecular formula is C21H30N2O. The second kappa shape index (κ2) is 9.43. The van der Waals surface area contributed by atoms with Gasteiger partial charge in [0.2, 0.25) is 0 Å². The van der Waals surface area contributed by atoms with Gasteiger partial charge in [0, 0.05) is 18.9 Å². The van der Waals surface area contributed by atoms with Gasteiger partial charge in [0.05, 0.1) is 6.10 Å². The van der Waals surface area contributed by atoms with Crippen LogP contribution in [0, 0.1) is 5.92 Å². The standard InChI is InChI=1S/C21H30N2O/c1-16(2)21(11-13-23-15-18-6-5-12-22-14-18)19-7-9-20(10-8-19)24-17(3)4/h5-10,12,14,16-17,21,23H,11,13,15H2,1-4H3/t21-/m1/s1. The van der Waals surface area contributed by atoms with E-state index in [1.807, 2.05) is 18.5 Å². The molecule has 1 heterocycles. The highest BCUT2D eigenvalue weighted by Crippen LogP contribution is 2.29. The lowest BCUT2D eigenvalue weighted by molar-refractivity contribution is 0.242. The zero-order chi connectivity index (χ0) is 17.4. The van der Waals surface area contributed by atoms with Gasteiger partial charge in [0.15, 0.2) is 0 Å². The Balaban J connectivity index is 1.87. The minimum Gasteiger partial charge on any atom is -0.491 e. The number of ether oxygens (including phenoxy) is 1. The van der Waals surface area contributed by atoms with Crippen molar-refractivity contribution in [2.24, 2.45) is 5.92 Å². The fraction of sp³-hybridized carbons (Fsp3) is 0.476. The van der Waals surface area contributed by atoms with Crippen LogP contribution in [0.15, 0.2) is 48.8 Å². The Bertz CT molecular complexity index is 579. The third-order valence-corrected chi connectivity index (χ3v) is 4.17. The zero-order valence-corrected chi connectivity index (χ0v) is 15.3. The van der Waals surface area contributed by atoms with Crippen LogP contribution in [0.4, 0.5) is 0 Å². The second-order valence-electron chi connectivity index (χ2n) is 6.91. The molecule has 0 unspecified atom stereocenters. The van der Waals surface area contributed by atoms with Gasteiger partial charge in [-0.1, -0.05) is 32.0 Å². The number of rotatable bonds is 9. The van der Waals surface area contributed by atoms with Crippen molar-refractivity contribution < 1.29 is 4.74 Å². The summed E-state index contributed by atoms with van der Waals surface area (Å²) in [7, 11) is 0. The maximum atomic E-state index is 5.74. The first-order valence-electron chi connectivity index (χ1n) is 8.92. The fourth-order valence-electron chi connectivity index (χ4n) is 2.94. The minimum absolute atomic E-state index is 0.216. The number of benzene rings is 1. The van der Waals surface area contributed by atoms with Crippen LogP contribution in [0.1, 0.15) is 51.2 Å². The predicted molar refractivity (Wildman–Crippen MR) is 100 cm³/mol. The van der Waals surface area contributed by atoms with Crippen LogP contribution in [0.25, 0.3) is 0 Å². The van der Waals surface area contributed by atoms with Gasteiger partial charge < -0.3 is 10.1 Å². The summed E-state index contributed by atoms with van der Waals surface area (Å²) in [6, 6.07) is 12.7. The highest BCUT2D eigenvalue weighted by Gasteiger charge is 2.15. The van der Waals surface area contributed by atoms with Crippen LogP contribution in [0.2, 0.25) is 0 Å².